The van der Waals surface area contributed by atoms with E-state index in [9.17, 15) is 23.1 Å². The van der Waals surface area contributed by atoms with E-state index >= 15 is 0 Å². The average Bonchev–Trinajstić information content (AvgIpc) is 3.68. The van der Waals surface area contributed by atoms with Gasteiger partial charge in [-0.25, -0.2) is 10.3 Å². The SMILES string of the molecule is O=C(O)c1ccc(CCC(C=Cc2ccccc2OCc2ccc(-c3ccc(C(F)(F)F)cc3)cc2)Cc2ccc(C3=NNNN3)cc2)cc1. The molecule has 0 fully saturated rings. The Kier molecular flexibility index (Phi) is 10.6. The number of hydrogen-bond acceptors (Lipinski definition) is 6. The third kappa shape index (κ3) is 8.97. The van der Waals surface area contributed by atoms with Gasteiger partial charge in [-0.3, -0.25) is 5.43 Å². The molecule has 6 rings (SSSR count). The van der Waals surface area contributed by atoms with Gasteiger partial charge in [0.2, 0.25) is 0 Å². The number of nitrogens with one attached hydrogen (secondary N) is 3. The van der Waals surface area contributed by atoms with Crippen LogP contribution in [0.2, 0.25) is 0 Å². The molecule has 5 aromatic rings. The summed E-state index contributed by atoms with van der Waals surface area (Å²) in [7, 11) is 0. The van der Waals surface area contributed by atoms with Gasteiger partial charge in [0.1, 0.15) is 12.4 Å². The van der Waals surface area contributed by atoms with Crippen molar-refractivity contribution in [2.24, 2.45) is 11.0 Å². The number of nitrogens with zero attached hydrogens (tertiary/aromatic N) is 1. The molecule has 7 nitrogen and oxygen atoms in total. The molecule has 0 spiro atoms. The van der Waals surface area contributed by atoms with Crippen molar-refractivity contribution in [3.8, 4) is 16.9 Å². The molecule has 10 heteroatoms. The average molecular weight is 677 g/mol. The molecule has 0 amide bonds. The number of hydrazone groups is 1. The van der Waals surface area contributed by atoms with Crippen LogP contribution in [0.25, 0.3) is 17.2 Å². The lowest BCUT2D eigenvalue weighted by Gasteiger charge is -2.15. The van der Waals surface area contributed by atoms with Gasteiger partial charge in [0.05, 0.1) is 11.1 Å². The quantitative estimate of drug-likeness (QED) is 0.100. The molecule has 4 N–H and O–H groups in total. The summed E-state index contributed by atoms with van der Waals surface area (Å²) in [5, 5.41) is 13.4. The topological polar surface area (TPSA) is 95.0 Å². The zero-order valence-electron chi connectivity index (χ0n) is 27.0. The highest BCUT2D eigenvalue weighted by atomic mass is 19.4. The Hall–Kier alpha value is -5.87. The van der Waals surface area contributed by atoms with Gasteiger partial charge in [-0.1, -0.05) is 103 Å². The molecule has 254 valence electrons. The molecule has 0 aromatic heterocycles. The van der Waals surface area contributed by atoms with E-state index in [0.717, 1.165) is 65.0 Å². The molecular formula is C40H35F3N4O3. The monoisotopic (exact) mass is 676 g/mol. The Labute approximate surface area is 288 Å². The Morgan fingerprint density at radius 3 is 2.04 bits per heavy atom. The van der Waals surface area contributed by atoms with E-state index in [0.29, 0.717) is 18.0 Å². The second-order valence-corrected chi connectivity index (χ2v) is 12.0. The highest BCUT2D eigenvalue weighted by Crippen LogP contribution is 2.31. The molecule has 0 aliphatic carbocycles. The Morgan fingerprint density at radius 2 is 1.40 bits per heavy atom. The number of hydrogen-bond donors (Lipinski definition) is 4. The Balaban J connectivity index is 1.13. The fourth-order valence-electron chi connectivity index (χ4n) is 5.67. The van der Waals surface area contributed by atoms with Crippen LogP contribution in [0.4, 0.5) is 13.2 Å². The second-order valence-electron chi connectivity index (χ2n) is 12.0. The van der Waals surface area contributed by atoms with E-state index < -0.39 is 17.7 Å². The number of alkyl halides is 3. The predicted molar refractivity (Wildman–Crippen MR) is 188 cm³/mol. The van der Waals surface area contributed by atoms with Gasteiger partial charge in [-0.2, -0.15) is 13.2 Å². The van der Waals surface area contributed by atoms with Gasteiger partial charge in [0.25, 0.3) is 0 Å². The number of para-hydroxylation sites is 1. The van der Waals surface area contributed by atoms with Gasteiger partial charge in [-0.05, 0) is 83.3 Å². The highest BCUT2D eigenvalue weighted by molar-refractivity contribution is 5.98. The summed E-state index contributed by atoms with van der Waals surface area (Å²) in [6, 6.07) is 35.8. The summed E-state index contributed by atoms with van der Waals surface area (Å²) >= 11 is 0. The number of carbonyl (C=O) groups is 1. The molecule has 0 saturated carbocycles. The van der Waals surface area contributed by atoms with E-state index in [1.165, 1.54) is 17.7 Å². The van der Waals surface area contributed by atoms with Gasteiger partial charge >= 0.3 is 12.1 Å². The zero-order chi connectivity index (χ0) is 34.9. The number of rotatable bonds is 13. The van der Waals surface area contributed by atoms with Gasteiger partial charge in [-0.15, -0.1) is 10.6 Å². The number of aryl methyl sites for hydroxylation is 1. The number of ether oxygens (including phenoxy) is 1. The summed E-state index contributed by atoms with van der Waals surface area (Å²) in [4.78, 5) is 11.3. The third-order valence-electron chi connectivity index (χ3n) is 8.50. The first kappa shape index (κ1) is 34.0. The maximum Gasteiger partial charge on any atom is 0.416 e. The lowest BCUT2D eigenvalue weighted by molar-refractivity contribution is -0.137. The number of amidine groups is 1. The zero-order valence-corrected chi connectivity index (χ0v) is 27.0. The molecule has 0 saturated heterocycles. The molecule has 5 aromatic carbocycles. The lowest BCUT2D eigenvalue weighted by atomic mass is 9.91. The van der Waals surface area contributed by atoms with Crippen molar-refractivity contribution in [1.29, 1.82) is 0 Å². The van der Waals surface area contributed by atoms with Crippen LogP contribution in [-0.4, -0.2) is 16.9 Å². The van der Waals surface area contributed by atoms with E-state index in [1.807, 2.05) is 72.8 Å². The predicted octanol–water partition coefficient (Wildman–Crippen LogP) is 8.43. The van der Waals surface area contributed by atoms with Crippen molar-refractivity contribution in [3.05, 3.63) is 166 Å². The van der Waals surface area contributed by atoms with E-state index in [1.54, 1.807) is 12.1 Å². The molecule has 50 heavy (non-hydrogen) atoms. The molecule has 1 atom stereocenters. The number of halogens is 3. The standard InChI is InChI=1S/C40H35F3N4O3/c41-40(42,43)36-23-21-32(22-24-36)31-14-12-30(13-15-31)26-50-37-4-2-1-3-33(37)16-9-28(6-5-27-7-19-35(20-8-27)39(48)49)25-29-10-17-34(18-11-29)38-44-46-47-45-38/h1-4,7-24,28,46-47H,5-6,25-26H2,(H,44,45)(H,48,49). The first-order valence-corrected chi connectivity index (χ1v) is 16.1. The summed E-state index contributed by atoms with van der Waals surface area (Å²) in [5.74, 6) is 0.678. The van der Waals surface area contributed by atoms with Gasteiger partial charge < -0.3 is 9.84 Å². The smallest absolute Gasteiger partial charge is 0.416 e. The summed E-state index contributed by atoms with van der Waals surface area (Å²) < 4.78 is 45.1. The molecule has 1 aliphatic rings. The first-order valence-electron chi connectivity index (χ1n) is 16.1. The minimum Gasteiger partial charge on any atom is -0.488 e. The number of aromatic carboxylic acids is 1. The van der Waals surface area contributed by atoms with Crippen LogP contribution in [0.5, 0.6) is 5.75 Å². The fourth-order valence-corrected chi connectivity index (χ4v) is 5.67. The van der Waals surface area contributed by atoms with Crippen molar-refractivity contribution in [2.75, 3.05) is 0 Å². The first-order chi connectivity index (χ1) is 24.2. The number of allylic oxidation sites excluding steroid dienone is 1. The molecular weight excluding hydrogens is 641 g/mol. The van der Waals surface area contributed by atoms with Crippen LogP contribution in [0, 0.1) is 5.92 Å². The van der Waals surface area contributed by atoms with Crippen molar-refractivity contribution in [1.82, 2.24) is 16.5 Å². The molecule has 1 heterocycles. The Bertz CT molecular complexity index is 1960. The van der Waals surface area contributed by atoms with Crippen LogP contribution < -0.4 is 21.2 Å². The van der Waals surface area contributed by atoms with E-state index in [4.69, 9.17) is 4.74 Å². The minimum absolute atomic E-state index is 0.177. The van der Waals surface area contributed by atoms with Crippen LogP contribution in [0.1, 0.15) is 50.2 Å². The number of benzene rings is 5. The minimum atomic E-state index is -4.37. The maximum atomic E-state index is 13.0. The van der Waals surface area contributed by atoms with Crippen molar-refractivity contribution < 1.29 is 27.8 Å². The van der Waals surface area contributed by atoms with Gasteiger partial charge in [0, 0.05) is 11.1 Å². The Morgan fingerprint density at radius 1 is 0.780 bits per heavy atom. The van der Waals surface area contributed by atoms with Crippen LogP contribution >= 0.6 is 0 Å². The summed E-state index contributed by atoms with van der Waals surface area (Å²) in [6.07, 6.45) is 2.36. The van der Waals surface area contributed by atoms with Crippen molar-refractivity contribution in [3.63, 3.8) is 0 Å². The number of hydrazine groups is 2. The number of carboxylic acids is 1. The van der Waals surface area contributed by atoms with Crippen LogP contribution in [0.15, 0.2) is 133 Å². The maximum absolute atomic E-state index is 13.0. The lowest BCUT2D eigenvalue weighted by Crippen LogP contribution is -2.35. The molecule has 0 radical (unpaired) electrons. The second kappa shape index (κ2) is 15.6. The highest BCUT2D eigenvalue weighted by Gasteiger charge is 2.30. The van der Waals surface area contributed by atoms with Crippen molar-refractivity contribution >= 4 is 17.9 Å². The molecule has 1 unspecified atom stereocenters. The summed E-state index contributed by atoms with van der Waals surface area (Å²) in [6.45, 7) is 0.325. The summed E-state index contributed by atoms with van der Waals surface area (Å²) in [5.41, 5.74) is 14.6. The normalized spacial score (nSPS) is 13.4. The van der Waals surface area contributed by atoms with E-state index in [-0.39, 0.29) is 11.5 Å². The van der Waals surface area contributed by atoms with Gasteiger partial charge in [0.15, 0.2) is 5.84 Å². The van der Waals surface area contributed by atoms with Crippen LogP contribution in [-0.2, 0) is 25.6 Å². The number of carboxylic acid groups (broad SMARTS) is 1. The third-order valence-corrected chi connectivity index (χ3v) is 8.50. The van der Waals surface area contributed by atoms with Crippen LogP contribution in [0.3, 0.4) is 0 Å². The molecule has 1 aliphatic heterocycles. The van der Waals surface area contributed by atoms with Crippen molar-refractivity contribution in [2.45, 2.75) is 32.0 Å². The fraction of sp³-hybridized carbons (Fsp3) is 0.150. The largest absolute Gasteiger partial charge is 0.488 e. The molecule has 0 bridgehead atoms. The van der Waals surface area contributed by atoms with E-state index in [2.05, 4.69) is 45.9 Å².